The molecule has 1 amide bonds. The molecule has 5 nitrogen and oxygen atoms in total. The highest BCUT2D eigenvalue weighted by molar-refractivity contribution is 5.96. The molecule has 0 fully saturated rings. The van der Waals surface area contributed by atoms with Gasteiger partial charge in [-0.1, -0.05) is 23.3 Å². The fourth-order valence-corrected chi connectivity index (χ4v) is 2.79. The number of benzene rings is 1. The van der Waals surface area contributed by atoms with Gasteiger partial charge in [-0.3, -0.25) is 4.79 Å². The van der Waals surface area contributed by atoms with Crippen LogP contribution in [0.15, 0.2) is 35.4 Å². The molecular formula is C17H20NO4-. The Kier molecular flexibility index (Phi) is 4.85. The zero-order chi connectivity index (χ0) is 16.3. The highest BCUT2D eigenvalue weighted by Gasteiger charge is 2.33. The summed E-state index contributed by atoms with van der Waals surface area (Å²) in [5.74, 6) is -2.37. The Morgan fingerprint density at radius 1 is 1.14 bits per heavy atom. The van der Waals surface area contributed by atoms with Gasteiger partial charge >= 0.3 is 0 Å². The van der Waals surface area contributed by atoms with E-state index in [9.17, 15) is 14.7 Å². The fraction of sp³-hybridized carbons (Fsp3) is 0.412. The van der Waals surface area contributed by atoms with Gasteiger partial charge in [0.25, 0.3) is 0 Å². The summed E-state index contributed by atoms with van der Waals surface area (Å²) in [5, 5.41) is 14.1. The van der Waals surface area contributed by atoms with Crippen LogP contribution in [0, 0.1) is 11.8 Å². The largest absolute Gasteiger partial charge is 0.550 e. The van der Waals surface area contributed by atoms with Crippen LogP contribution in [-0.2, 0) is 9.59 Å². The van der Waals surface area contributed by atoms with Crippen molar-refractivity contribution in [2.75, 3.05) is 12.4 Å². The molecule has 1 aromatic rings. The maximum atomic E-state index is 12.5. The molecule has 0 aliphatic heterocycles. The van der Waals surface area contributed by atoms with Crippen LogP contribution in [0.2, 0.25) is 0 Å². The molecular weight excluding hydrogens is 282 g/mol. The van der Waals surface area contributed by atoms with Crippen molar-refractivity contribution < 1.29 is 19.4 Å². The smallest absolute Gasteiger partial charge is 0.228 e. The van der Waals surface area contributed by atoms with Gasteiger partial charge in [0, 0.05) is 11.9 Å². The van der Waals surface area contributed by atoms with E-state index in [1.54, 1.807) is 24.3 Å². The summed E-state index contributed by atoms with van der Waals surface area (Å²) in [6.45, 7) is 3.84. The van der Waals surface area contributed by atoms with E-state index in [0.717, 1.165) is 11.1 Å². The minimum atomic E-state index is -1.17. The molecule has 0 unspecified atom stereocenters. The third-order valence-electron chi connectivity index (χ3n) is 4.27. The van der Waals surface area contributed by atoms with Gasteiger partial charge in [0.05, 0.1) is 18.7 Å². The number of nitrogens with one attached hydrogen (secondary N) is 1. The van der Waals surface area contributed by atoms with Crippen LogP contribution in [0.4, 0.5) is 5.69 Å². The van der Waals surface area contributed by atoms with Crippen LogP contribution in [-0.4, -0.2) is 19.0 Å². The molecule has 2 rings (SSSR count). The average molecular weight is 302 g/mol. The second kappa shape index (κ2) is 6.64. The molecule has 22 heavy (non-hydrogen) atoms. The van der Waals surface area contributed by atoms with E-state index < -0.39 is 17.8 Å². The molecule has 1 aliphatic carbocycles. The first-order valence-electron chi connectivity index (χ1n) is 7.24. The number of carbonyl (C=O) groups excluding carboxylic acids is 2. The van der Waals surface area contributed by atoms with Gasteiger partial charge in [-0.15, -0.1) is 0 Å². The number of carboxylic acids is 1. The zero-order valence-electron chi connectivity index (χ0n) is 13.0. The number of aliphatic carboxylic acids is 1. The second-order valence-electron chi connectivity index (χ2n) is 5.69. The van der Waals surface area contributed by atoms with Crippen molar-refractivity contribution in [3.63, 3.8) is 0 Å². The van der Waals surface area contributed by atoms with Gasteiger partial charge in [0.15, 0.2) is 0 Å². The number of ether oxygens (including phenoxy) is 1. The summed E-state index contributed by atoms with van der Waals surface area (Å²) in [6.07, 6.45) is 0.795. The van der Waals surface area contributed by atoms with E-state index in [4.69, 9.17) is 4.74 Å². The maximum Gasteiger partial charge on any atom is 0.228 e. The number of hydrogen-bond acceptors (Lipinski definition) is 4. The van der Waals surface area contributed by atoms with Crippen molar-refractivity contribution in [1.29, 1.82) is 0 Å². The van der Waals surface area contributed by atoms with Crippen molar-refractivity contribution in [3.8, 4) is 5.75 Å². The quantitative estimate of drug-likeness (QED) is 0.859. The molecule has 0 radical (unpaired) electrons. The Labute approximate surface area is 130 Å². The molecule has 0 aromatic heterocycles. The molecule has 0 spiro atoms. The van der Waals surface area contributed by atoms with E-state index in [0.29, 0.717) is 24.3 Å². The van der Waals surface area contributed by atoms with Crippen molar-refractivity contribution in [2.45, 2.75) is 26.7 Å². The van der Waals surface area contributed by atoms with Crippen molar-refractivity contribution in [3.05, 3.63) is 35.4 Å². The third kappa shape index (κ3) is 3.30. The standard InChI is InChI=1S/C17H21NO4/c1-10-8-12(13(17(20)21)9-11(10)2)16(19)18-14-6-4-5-7-15(14)22-3/h4-7,12-13H,8-9H2,1-3H3,(H,18,19)(H,20,21)/p-1/t12-,13-/m0/s1. The summed E-state index contributed by atoms with van der Waals surface area (Å²) < 4.78 is 5.19. The van der Waals surface area contributed by atoms with Gasteiger partial charge in [0.2, 0.25) is 5.91 Å². The topological polar surface area (TPSA) is 78.5 Å². The van der Waals surface area contributed by atoms with E-state index in [2.05, 4.69) is 5.32 Å². The number of methoxy groups -OCH3 is 1. The number of anilines is 1. The number of rotatable bonds is 4. The van der Waals surface area contributed by atoms with E-state index in [1.807, 2.05) is 13.8 Å². The summed E-state index contributed by atoms with van der Waals surface area (Å²) >= 11 is 0. The van der Waals surface area contributed by atoms with Gasteiger partial charge in [0.1, 0.15) is 5.75 Å². The Bertz CT molecular complexity index is 621. The van der Waals surface area contributed by atoms with Gasteiger partial charge in [-0.25, -0.2) is 0 Å². The zero-order valence-corrected chi connectivity index (χ0v) is 13.0. The van der Waals surface area contributed by atoms with Gasteiger partial charge in [-0.05, 0) is 38.8 Å². The fourth-order valence-electron chi connectivity index (χ4n) is 2.79. The van der Waals surface area contributed by atoms with Crippen molar-refractivity contribution in [1.82, 2.24) is 0 Å². The predicted molar refractivity (Wildman–Crippen MR) is 81.2 cm³/mol. The molecule has 0 bridgehead atoms. The van der Waals surface area contributed by atoms with E-state index >= 15 is 0 Å². The lowest BCUT2D eigenvalue weighted by molar-refractivity contribution is -0.313. The molecule has 1 aliphatic rings. The Hall–Kier alpha value is -2.30. The second-order valence-corrected chi connectivity index (χ2v) is 5.69. The van der Waals surface area contributed by atoms with Crippen molar-refractivity contribution >= 4 is 17.6 Å². The lowest BCUT2D eigenvalue weighted by atomic mass is 9.76. The normalized spacial score (nSPS) is 21.4. The Balaban J connectivity index is 2.22. The first-order chi connectivity index (χ1) is 10.4. The minimum absolute atomic E-state index is 0.314. The monoisotopic (exact) mass is 302 g/mol. The van der Waals surface area contributed by atoms with Gasteiger partial charge in [-0.2, -0.15) is 0 Å². The number of allylic oxidation sites excluding steroid dienone is 2. The summed E-state index contributed by atoms with van der Waals surface area (Å²) in [5.41, 5.74) is 2.63. The van der Waals surface area contributed by atoms with Crippen LogP contribution in [0.25, 0.3) is 0 Å². The Morgan fingerprint density at radius 2 is 1.73 bits per heavy atom. The number of para-hydroxylation sites is 2. The summed E-state index contributed by atoms with van der Waals surface area (Å²) in [6, 6.07) is 7.05. The molecule has 0 saturated carbocycles. The van der Waals surface area contributed by atoms with Gasteiger partial charge < -0.3 is 20.0 Å². The molecule has 1 aromatic carbocycles. The molecule has 1 N–H and O–H groups in total. The molecule has 118 valence electrons. The van der Waals surface area contributed by atoms with Crippen LogP contribution in [0.3, 0.4) is 0 Å². The highest BCUT2D eigenvalue weighted by Crippen LogP contribution is 2.35. The first kappa shape index (κ1) is 16.1. The van der Waals surface area contributed by atoms with Crippen LogP contribution >= 0.6 is 0 Å². The number of carboxylic acid groups (broad SMARTS) is 1. The van der Waals surface area contributed by atoms with Crippen LogP contribution in [0.1, 0.15) is 26.7 Å². The maximum absolute atomic E-state index is 12.5. The number of hydrogen-bond donors (Lipinski definition) is 1. The SMILES string of the molecule is COc1ccccc1NC(=O)[C@H]1CC(C)=C(C)C[C@@H]1C(=O)[O-]. The molecule has 5 heteroatoms. The molecule has 2 atom stereocenters. The summed E-state index contributed by atoms with van der Waals surface area (Å²) in [7, 11) is 1.52. The lowest BCUT2D eigenvalue weighted by Crippen LogP contribution is -2.42. The van der Waals surface area contributed by atoms with Crippen LogP contribution < -0.4 is 15.2 Å². The first-order valence-corrected chi connectivity index (χ1v) is 7.24. The predicted octanol–water partition coefficient (Wildman–Crippen LogP) is 1.75. The van der Waals surface area contributed by atoms with E-state index in [1.165, 1.54) is 7.11 Å². The average Bonchev–Trinajstić information content (AvgIpc) is 2.49. The minimum Gasteiger partial charge on any atom is -0.550 e. The third-order valence-corrected chi connectivity index (χ3v) is 4.27. The van der Waals surface area contributed by atoms with Crippen molar-refractivity contribution in [2.24, 2.45) is 11.8 Å². The molecule has 0 saturated heterocycles. The van der Waals surface area contributed by atoms with E-state index in [-0.39, 0.29) is 5.91 Å². The number of amides is 1. The Morgan fingerprint density at radius 3 is 2.32 bits per heavy atom. The lowest BCUT2D eigenvalue weighted by Gasteiger charge is -2.32. The highest BCUT2D eigenvalue weighted by atomic mass is 16.5. The van der Waals surface area contributed by atoms with Crippen LogP contribution in [0.5, 0.6) is 5.75 Å². The number of carbonyl (C=O) groups is 2. The summed E-state index contributed by atoms with van der Waals surface area (Å²) in [4.78, 5) is 23.9. The molecule has 0 heterocycles.